The normalized spacial score (nSPS) is 24.6. The SMILES string of the molecule is COc1ccc(C(C)NC2CCN(C)C(C)C2)cc1OC. The quantitative estimate of drug-likeness (QED) is 0.905. The maximum Gasteiger partial charge on any atom is 0.161 e. The Morgan fingerprint density at radius 3 is 2.57 bits per heavy atom. The van der Waals surface area contributed by atoms with Gasteiger partial charge in [0.05, 0.1) is 14.2 Å². The number of rotatable bonds is 5. The van der Waals surface area contributed by atoms with Crippen LogP contribution in [0.15, 0.2) is 18.2 Å². The standard InChI is InChI=1S/C17H28N2O2/c1-12-10-15(8-9-19(12)3)18-13(2)14-6-7-16(20-4)17(11-14)21-5/h6-7,11-13,15,18H,8-10H2,1-5H3. The van der Waals surface area contributed by atoms with Gasteiger partial charge in [0.15, 0.2) is 11.5 Å². The van der Waals surface area contributed by atoms with Crippen LogP contribution in [-0.2, 0) is 0 Å². The zero-order valence-electron chi connectivity index (χ0n) is 13.8. The molecule has 1 N–H and O–H groups in total. The van der Waals surface area contributed by atoms with Crippen molar-refractivity contribution < 1.29 is 9.47 Å². The molecule has 1 aromatic carbocycles. The Labute approximate surface area is 128 Å². The fourth-order valence-electron chi connectivity index (χ4n) is 3.01. The lowest BCUT2D eigenvalue weighted by atomic mass is 9.97. The summed E-state index contributed by atoms with van der Waals surface area (Å²) in [6.45, 7) is 5.68. The third-order valence-corrected chi connectivity index (χ3v) is 4.60. The van der Waals surface area contributed by atoms with Gasteiger partial charge in [0, 0.05) is 18.1 Å². The smallest absolute Gasteiger partial charge is 0.161 e. The first kappa shape index (κ1) is 16.1. The Morgan fingerprint density at radius 2 is 1.95 bits per heavy atom. The van der Waals surface area contributed by atoms with Crippen LogP contribution in [0.2, 0.25) is 0 Å². The van der Waals surface area contributed by atoms with Crippen LogP contribution < -0.4 is 14.8 Å². The highest BCUT2D eigenvalue weighted by Gasteiger charge is 2.24. The van der Waals surface area contributed by atoms with E-state index in [1.807, 2.05) is 6.07 Å². The summed E-state index contributed by atoms with van der Waals surface area (Å²) in [5.74, 6) is 1.57. The average Bonchev–Trinajstić information content (AvgIpc) is 2.50. The molecule has 0 saturated carbocycles. The summed E-state index contributed by atoms with van der Waals surface area (Å²) in [5, 5.41) is 3.75. The third-order valence-electron chi connectivity index (χ3n) is 4.60. The first-order valence-electron chi connectivity index (χ1n) is 7.73. The zero-order chi connectivity index (χ0) is 15.4. The predicted octanol–water partition coefficient (Wildman–Crippen LogP) is 2.84. The maximum atomic E-state index is 5.39. The van der Waals surface area contributed by atoms with E-state index in [0.717, 1.165) is 18.0 Å². The number of hydrogen-bond acceptors (Lipinski definition) is 4. The summed E-state index contributed by atoms with van der Waals surface area (Å²) < 4.78 is 10.7. The Balaban J connectivity index is 2.01. The van der Waals surface area contributed by atoms with Crippen molar-refractivity contribution in [3.63, 3.8) is 0 Å². The van der Waals surface area contributed by atoms with E-state index >= 15 is 0 Å². The Hall–Kier alpha value is -1.26. The van der Waals surface area contributed by atoms with Gasteiger partial charge in [-0.05, 0) is 58.0 Å². The molecule has 0 aliphatic carbocycles. The fraction of sp³-hybridized carbons (Fsp3) is 0.647. The highest BCUT2D eigenvalue weighted by atomic mass is 16.5. The van der Waals surface area contributed by atoms with E-state index in [4.69, 9.17) is 9.47 Å². The van der Waals surface area contributed by atoms with Crippen molar-refractivity contribution in [3.05, 3.63) is 23.8 Å². The minimum absolute atomic E-state index is 0.311. The molecule has 1 saturated heterocycles. The van der Waals surface area contributed by atoms with E-state index in [0.29, 0.717) is 18.1 Å². The van der Waals surface area contributed by atoms with Gasteiger partial charge >= 0.3 is 0 Å². The molecule has 0 aromatic heterocycles. The number of nitrogens with one attached hydrogen (secondary N) is 1. The Morgan fingerprint density at radius 1 is 1.24 bits per heavy atom. The summed E-state index contributed by atoms with van der Waals surface area (Å²) in [6, 6.07) is 7.69. The van der Waals surface area contributed by atoms with E-state index in [-0.39, 0.29) is 0 Å². The van der Waals surface area contributed by atoms with E-state index in [1.54, 1.807) is 14.2 Å². The van der Waals surface area contributed by atoms with Crippen LogP contribution in [0.3, 0.4) is 0 Å². The second kappa shape index (κ2) is 7.14. The number of benzene rings is 1. The lowest BCUT2D eigenvalue weighted by Crippen LogP contribution is -2.46. The maximum absolute atomic E-state index is 5.39. The lowest BCUT2D eigenvalue weighted by molar-refractivity contribution is 0.163. The van der Waals surface area contributed by atoms with E-state index in [1.165, 1.54) is 18.4 Å². The van der Waals surface area contributed by atoms with Crippen LogP contribution >= 0.6 is 0 Å². The van der Waals surface area contributed by atoms with E-state index in [9.17, 15) is 0 Å². The molecule has 3 atom stereocenters. The van der Waals surface area contributed by atoms with Crippen LogP contribution in [-0.4, -0.2) is 44.8 Å². The monoisotopic (exact) mass is 292 g/mol. The zero-order valence-corrected chi connectivity index (χ0v) is 13.8. The topological polar surface area (TPSA) is 33.7 Å². The number of ether oxygens (including phenoxy) is 2. The van der Waals surface area contributed by atoms with Crippen LogP contribution in [0.5, 0.6) is 11.5 Å². The van der Waals surface area contributed by atoms with Crippen LogP contribution in [0.4, 0.5) is 0 Å². The molecule has 4 heteroatoms. The van der Waals surface area contributed by atoms with Gasteiger partial charge in [-0.3, -0.25) is 0 Å². The molecule has 118 valence electrons. The molecule has 4 nitrogen and oxygen atoms in total. The molecular formula is C17H28N2O2. The minimum Gasteiger partial charge on any atom is -0.493 e. The molecule has 1 aromatic rings. The molecule has 1 heterocycles. The van der Waals surface area contributed by atoms with E-state index in [2.05, 4.69) is 43.2 Å². The fourth-order valence-corrected chi connectivity index (χ4v) is 3.01. The van der Waals surface area contributed by atoms with Gasteiger partial charge < -0.3 is 19.7 Å². The molecule has 21 heavy (non-hydrogen) atoms. The van der Waals surface area contributed by atoms with Crippen LogP contribution in [0.25, 0.3) is 0 Å². The summed E-state index contributed by atoms with van der Waals surface area (Å²) in [7, 11) is 5.55. The van der Waals surface area contributed by atoms with Gasteiger partial charge in [-0.1, -0.05) is 6.07 Å². The second-order valence-electron chi connectivity index (χ2n) is 6.05. The average molecular weight is 292 g/mol. The van der Waals surface area contributed by atoms with E-state index < -0.39 is 0 Å². The first-order chi connectivity index (χ1) is 10.0. The van der Waals surface area contributed by atoms with Crippen molar-refractivity contribution in [3.8, 4) is 11.5 Å². The summed E-state index contributed by atoms with van der Waals surface area (Å²) in [5.41, 5.74) is 1.24. The largest absolute Gasteiger partial charge is 0.493 e. The number of hydrogen-bond donors (Lipinski definition) is 1. The van der Waals surface area contributed by atoms with Gasteiger partial charge in [-0.15, -0.1) is 0 Å². The van der Waals surface area contributed by atoms with Gasteiger partial charge in [0.25, 0.3) is 0 Å². The molecule has 0 radical (unpaired) electrons. The van der Waals surface area contributed by atoms with Crippen LogP contribution in [0.1, 0.15) is 38.3 Å². The number of nitrogens with zero attached hydrogens (tertiary/aromatic N) is 1. The molecule has 1 fully saturated rings. The highest BCUT2D eigenvalue weighted by molar-refractivity contribution is 5.43. The first-order valence-corrected chi connectivity index (χ1v) is 7.73. The van der Waals surface area contributed by atoms with Gasteiger partial charge in [0.1, 0.15) is 0 Å². The number of piperidine rings is 1. The van der Waals surface area contributed by atoms with Crippen molar-refractivity contribution in [1.29, 1.82) is 0 Å². The molecule has 2 rings (SSSR count). The number of likely N-dealkylation sites (tertiary alicyclic amines) is 1. The van der Waals surface area contributed by atoms with Crippen molar-refractivity contribution in [1.82, 2.24) is 10.2 Å². The molecule has 3 unspecified atom stereocenters. The predicted molar refractivity (Wildman–Crippen MR) is 86.2 cm³/mol. The Bertz CT molecular complexity index is 464. The lowest BCUT2D eigenvalue weighted by Gasteiger charge is -2.36. The van der Waals surface area contributed by atoms with Gasteiger partial charge in [0.2, 0.25) is 0 Å². The number of methoxy groups -OCH3 is 2. The minimum atomic E-state index is 0.311. The van der Waals surface area contributed by atoms with Gasteiger partial charge in [-0.2, -0.15) is 0 Å². The molecule has 0 spiro atoms. The third kappa shape index (κ3) is 3.89. The molecular weight excluding hydrogens is 264 g/mol. The molecule has 0 amide bonds. The molecule has 1 aliphatic rings. The van der Waals surface area contributed by atoms with Crippen molar-refractivity contribution in [2.24, 2.45) is 0 Å². The summed E-state index contributed by atoms with van der Waals surface area (Å²) >= 11 is 0. The van der Waals surface area contributed by atoms with Gasteiger partial charge in [-0.25, -0.2) is 0 Å². The Kier molecular flexibility index (Phi) is 5.48. The molecule has 1 aliphatic heterocycles. The molecule has 0 bridgehead atoms. The van der Waals surface area contributed by atoms with Crippen molar-refractivity contribution in [2.75, 3.05) is 27.8 Å². The summed E-state index contributed by atoms with van der Waals surface area (Å²) in [6.07, 6.45) is 2.41. The van der Waals surface area contributed by atoms with Crippen molar-refractivity contribution in [2.45, 2.75) is 44.8 Å². The second-order valence-corrected chi connectivity index (χ2v) is 6.05. The summed E-state index contributed by atoms with van der Waals surface area (Å²) in [4.78, 5) is 2.43. The van der Waals surface area contributed by atoms with Crippen molar-refractivity contribution >= 4 is 0 Å². The highest BCUT2D eigenvalue weighted by Crippen LogP contribution is 2.30. The van der Waals surface area contributed by atoms with Crippen LogP contribution in [0, 0.1) is 0 Å².